The molecule has 6 heteroatoms. The van der Waals surface area contributed by atoms with Gasteiger partial charge >= 0.3 is 0 Å². The predicted octanol–water partition coefficient (Wildman–Crippen LogP) is 2.97. The molecule has 1 aromatic rings. The van der Waals surface area contributed by atoms with Crippen LogP contribution in [-0.4, -0.2) is 23.9 Å². The Labute approximate surface area is 156 Å². The minimum Gasteiger partial charge on any atom is -0.399 e. The first-order valence-corrected chi connectivity index (χ1v) is 9.00. The number of hydrogen-bond donors (Lipinski definition) is 3. The van der Waals surface area contributed by atoms with Gasteiger partial charge in [0.1, 0.15) is 5.54 Å². The van der Waals surface area contributed by atoms with E-state index in [1.807, 2.05) is 31.2 Å². The van der Waals surface area contributed by atoms with Gasteiger partial charge in [0, 0.05) is 18.7 Å². The number of rotatable bonds is 7. The number of carbonyl (C=O) groups is 2. The Morgan fingerprint density at radius 3 is 2.48 bits per heavy atom. The molecule has 1 aromatic carbocycles. The molecule has 25 heavy (non-hydrogen) atoms. The van der Waals surface area contributed by atoms with Crippen LogP contribution in [0.15, 0.2) is 24.3 Å². The fourth-order valence-corrected chi connectivity index (χ4v) is 3.31. The smallest absolute Gasteiger partial charge is 0.245 e. The normalized spacial score (nSPS) is 15.7. The number of aryl methyl sites for hydroxylation is 1. The van der Waals surface area contributed by atoms with Gasteiger partial charge < -0.3 is 16.4 Å². The molecule has 0 spiro atoms. The van der Waals surface area contributed by atoms with Crippen molar-refractivity contribution in [3.8, 4) is 0 Å². The lowest BCUT2D eigenvalue weighted by Crippen LogP contribution is -2.59. The third-order valence-electron chi connectivity index (χ3n) is 4.73. The molecule has 0 aliphatic heterocycles. The lowest BCUT2D eigenvalue weighted by atomic mass is 9.80. The lowest BCUT2D eigenvalue weighted by Gasteiger charge is -2.36. The summed E-state index contributed by atoms with van der Waals surface area (Å²) in [5.74, 6) is -0.108. The van der Waals surface area contributed by atoms with E-state index < -0.39 is 5.54 Å². The van der Waals surface area contributed by atoms with E-state index in [-0.39, 0.29) is 24.2 Å². The summed E-state index contributed by atoms with van der Waals surface area (Å²) >= 11 is 0. The molecule has 1 fully saturated rings. The van der Waals surface area contributed by atoms with Crippen molar-refractivity contribution in [2.75, 3.05) is 12.3 Å². The van der Waals surface area contributed by atoms with Gasteiger partial charge in [0.15, 0.2) is 0 Å². The van der Waals surface area contributed by atoms with Crippen LogP contribution in [-0.2, 0) is 16.0 Å². The molecule has 1 aliphatic rings. The third-order valence-corrected chi connectivity index (χ3v) is 4.73. The van der Waals surface area contributed by atoms with E-state index in [1.165, 1.54) is 0 Å². The van der Waals surface area contributed by atoms with Crippen molar-refractivity contribution in [3.63, 3.8) is 0 Å². The molecule has 0 aromatic heterocycles. The third kappa shape index (κ3) is 5.92. The van der Waals surface area contributed by atoms with Crippen molar-refractivity contribution in [1.29, 1.82) is 0 Å². The SMILES string of the molecule is CCCNC(=O)C1(NC(=O)CCc2ccccc2N)CCCCC1.Cl. The summed E-state index contributed by atoms with van der Waals surface area (Å²) in [4.78, 5) is 25.0. The van der Waals surface area contributed by atoms with E-state index in [9.17, 15) is 9.59 Å². The Morgan fingerprint density at radius 2 is 1.84 bits per heavy atom. The molecule has 0 unspecified atom stereocenters. The van der Waals surface area contributed by atoms with Crippen molar-refractivity contribution in [2.24, 2.45) is 0 Å². The summed E-state index contributed by atoms with van der Waals surface area (Å²) in [6.07, 6.45) is 6.35. The van der Waals surface area contributed by atoms with E-state index in [1.54, 1.807) is 0 Å². The van der Waals surface area contributed by atoms with Gasteiger partial charge in [-0.15, -0.1) is 12.4 Å². The summed E-state index contributed by atoms with van der Waals surface area (Å²) in [6, 6.07) is 7.58. The lowest BCUT2D eigenvalue weighted by molar-refractivity contribution is -0.135. The Kier molecular flexibility index (Phi) is 8.76. The van der Waals surface area contributed by atoms with Crippen LogP contribution in [0.4, 0.5) is 5.69 Å². The number of anilines is 1. The van der Waals surface area contributed by atoms with Crippen molar-refractivity contribution in [1.82, 2.24) is 10.6 Å². The molecule has 1 aliphatic carbocycles. The van der Waals surface area contributed by atoms with Crippen LogP contribution in [0, 0.1) is 0 Å². The fraction of sp³-hybridized carbons (Fsp3) is 0.579. The number of amides is 2. The van der Waals surface area contributed by atoms with Gasteiger partial charge in [-0.25, -0.2) is 0 Å². The molecule has 0 saturated heterocycles. The number of para-hydroxylation sites is 1. The highest BCUT2D eigenvalue weighted by Gasteiger charge is 2.40. The number of benzene rings is 1. The van der Waals surface area contributed by atoms with Crippen LogP contribution in [0.2, 0.25) is 0 Å². The van der Waals surface area contributed by atoms with E-state index in [4.69, 9.17) is 5.73 Å². The molecule has 2 amide bonds. The highest BCUT2D eigenvalue weighted by atomic mass is 35.5. The molecular formula is C19H30ClN3O2. The van der Waals surface area contributed by atoms with Crippen molar-refractivity contribution >= 4 is 29.9 Å². The maximum absolute atomic E-state index is 12.6. The van der Waals surface area contributed by atoms with Crippen molar-refractivity contribution in [3.05, 3.63) is 29.8 Å². The number of carbonyl (C=O) groups excluding carboxylic acids is 2. The Balaban J connectivity index is 0.00000312. The topological polar surface area (TPSA) is 84.2 Å². The summed E-state index contributed by atoms with van der Waals surface area (Å²) in [7, 11) is 0. The summed E-state index contributed by atoms with van der Waals surface area (Å²) < 4.78 is 0. The first kappa shape index (κ1) is 21.3. The largest absolute Gasteiger partial charge is 0.399 e. The van der Waals surface area contributed by atoms with E-state index in [0.717, 1.165) is 44.1 Å². The second-order valence-electron chi connectivity index (χ2n) is 6.65. The number of nitrogen functional groups attached to an aromatic ring is 1. The van der Waals surface area contributed by atoms with E-state index in [2.05, 4.69) is 10.6 Å². The van der Waals surface area contributed by atoms with Gasteiger partial charge in [-0.3, -0.25) is 9.59 Å². The van der Waals surface area contributed by atoms with E-state index in [0.29, 0.717) is 25.1 Å². The molecule has 140 valence electrons. The average Bonchev–Trinajstić information content (AvgIpc) is 2.59. The monoisotopic (exact) mass is 367 g/mol. The first-order chi connectivity index (χ1) is 11.6. The maximum Gasteiger partial charge on any atom is 0.245 e. The summed E-state index contributed by atoms with van der Waals surface area (Å²) in [6.45, 7) is 2.67. The molecule has 0 radical (unpaired) electrons. The summed E-state index contributed by atoms with van der Waals surface area (Å²) in [5.41, 5.74) is 6.87. The molecule has 5 nitrogen and oxygen atoms in total. The molecule has 1 saturated carbocycles. The van der Waals surface area contributed by atoms with Crippen LogP contribution in [0.5, 0.6) is 0 Å². The standard InChI is InChI=1S/C19H29N3O2.ClH/c1-2-14-21-18(24)19(12-6-3-7-13-19)22-17(23)11-10-15-8-4-5-9-16(15)20;/h4-5,8-9H,2-3,6-7,10-14,20H2,1H3,(H,21,24)(H,22,23);1H. The quantitative estimate of drug-likeness (QED) is 0.648. The minimum absolute atomic E-state index is 0. The zero-order chi connectivity index (χ0) is 17.4. The van der Waals surface area contributed by atoms with Gasteiger partial charge in [-0.2, -0.15) is 0 Å². The highest BCUT2D eigenvalue weighted by Crippen LogP contribution is 2.29. The maximum atomic E-state index is 12.6. The molecule has 0 bridgehead atoms. The molecule has 0 atom stereocenters. The van der Waals surface area contributed by atoms with Gasteiger partial charge in [-0.05, 0) is 37.3 Å². The Morgan fingerprint density at radius 1 is 1.16 bits per heavy atom. The highest BCUT2D eigenvalue weighted by molar-refractivity contribution is 5.91. The van der Waals surface area contributed by atoms with Crippen LogP contribution in [0.3, 0.4) is 0 Å². The number of nitrogens with two attached hydrogens (primary N) is 1. The molecule has 4 N–H and O–H groups in total. The van der Waals surface area contributed by atoms with Crippen LogP contribution >= 0.6 is 12.4 Å². The van der Waals surface area contributed by atoms with Crippen molar-refractivity contribution < 1.29 is 9.59 Å². The number of halogens is 1. The van der Waals surface area contributed by atoms with Gasteiger partial charge in [0.25, 0.3) is 0 Å². The fourth-order valence-electron chi connectivity index (χ4n) is 3.31. The second-order valence-corrected chi connectivity index (χ2v) is 6.65. The van der Waals surface area contributed by atoms with Crippen LogP contribution in [0.1, 0.15) is 57.4 Å². The van der Waals surface area contributed by atoms with Gasteiger partial charge in [0.2, 0.25) is 11.8 Å². The van der Waals surface area contributed by atoms with Crippen LogP contribution < -0.4 is 16.4 Å². The van der Waals surface area contributed by atoms with Gasteiger partial charge in [0.05, 0.1) is 0 Å². The first-order valence-electron chi connectivity index (χ1n) is 9.00. The minimum atomic E-state index is -0.729. The number of hydrogen-bond acceptors (Lipinski definition) is 3. The van der Waals surface area contributed by atoms with E-state index >= 15 is 0 Å². The second kappa shape index (κ2) is 10.3. The summed E-state index contributed by atoms with van der Waals surface area (Å²) in [5, 5.41) is 6.00. The predicted molar refractivity (Wildman–Crippen MR) is 104 cm³/mol. The Hall–Kier alpha value is -1.75. The van der Waals surface area contributed by atoms with Gasteiger partial charge in [-0.1, -0.05) is 44.4 Å². The zero-order valence-electron chi connectivity index (χ0n) is 15.0. The molecule has 0 heterocycles. The van der Waals surface area contributed by atoms with Crippen LogP contribution in [0.25, 0.3) is 0 Å². The average molecular weight is 368 g/mol. The molecular weight excluding hydrogens is 338 g/mol. The zero-order valence-corrected chi connectivity index (χ0v) is 15.8. The Bertz CT molecular complexity index is 572. The number of nitrogens with one attached hydrogen (secondary N) is 2. The van der Waals surface area contributed by atoms with Crippen molar-refractivity contribution in [2.45, 2.75) is 63.8 Å². The molecule has 2 rings (SSSR count).